The molecule has 7 heteroatoms. The van der Waals surface area contributed by atoms with Gasteiger partial charge < -0.3 is 19.7 Å². The van der Waals surface area contributed by atoms with Crippen molar-refractivity contribution < 1.29 is 14.3 Å². The largest absolute Gasteiger partial charge is 0.495 e. The Bertz CT molecular complexity index is 867. The fourth-order valence-corrected chi connectivity index (χ4v) is 3.94. The van der Waals surface area contributed by atoms with Gasteiger partial charge in [0, 0.05) is 44.5 Å². The highest BCUT2D eigenvalue weighted by atomic mass is 79.9. The Morgan fingerprint density at radius 3 is 2.50 bits per heavy atom. The number of methoxy groups -OCH3 is 1. The van der Waals surface area contributed by atoms with Crippen molar-refractivity contribution in [2.45, 2.75) is 20.4 Å². The predicted molar refractivity (Wildman–Crippen MR) is 123 cm³/mol. The number of piperazine rings is 1. The van der Waals surface area contributed by atoms with E-state index in [4.69, 9.17) is 9.47 Å². The van der Waals surface area contributed by atoms with Crippen LogP contribution in [0.4, 0.5) is 5.69 Å². The molecule has 0 unspecified atom stereocenters. The van der Waals surface area contributed by atoms with Crippen molar-refractivity contribution in [3.63, 3.8) is 0 Å². The lowest BCUT2D eigenvalue weighted by molar-refractivity contribution is -0.118. The number of aryl methyl sites for hydroxylation is 1. The molecule has 162 valence electrons. The fraction of sp³-hybridized carbons (Fsp3) is 0.435. The number of halogens is 1. The minimum absolute atomic E-state index is 0.0622. The maximum atomic E-state index is 12.3. The Hall–Kier alpha value is -2.09. The molecule has 0 saturated carbocycles. The first-order chi connectivity index (χ1) is 14.5. The van der Waals surface area contributed by atoms with Crippen molar-refractivity contribution >= 4 is 27.5 Å². The van der Waals surface area contributed by atoms with E-state index in [-0.39, 0.29) is 12.5 Å². The molecule has 1 amide bonds. The van der Waals surface area contributed by atoms with Gasteiger partial charge in [-0.05, 0) is 64.8 Å². The number of carbonyl (C=O) groups is 1. The number of anilines is 1. The van der Waals surface area contributed by atoms with Crippen LogP contribution in [0.1, 0.15) is 18.1 Å². The number of nitrogens with zero attached hydrogens (tertiary/aromatic N) is 2. The van der Waals surface area contributed by atoms with Crippen LogP contribution in [0.5, 0.6) is 11.5 Å². The van der Waals surface area contributed by atoms with Crippen molar-refractivity contribution in [2.75, 3.05) is 51.8 Å². The van der Waals surface area contributed by atoms with Crippen molar-refractivity contribution in [3.8, 4) is 11.5 Å². The van der Waals surface area contributed by atoms with E-state index in [1.165, 1.54) is 11.1 Å². The van der Waals surface area contributed by atoms with Gasteiger partial charge >= 0.3 is 0 Å². The van der Waals surface area contributed by atoms with Crippen LogP contribution in [0, 0.1) is 6.92 Å². The van der Waals surface area contributed by atoms with Gasteiger partial charge in [-0.25, -0.2) is 0 Å². The van der Waals surface area contributed by atoms with Crippen molar-refractivity contribution in [1.29, 1.82) is 0 Å². The van der Waals surface area contributed by atoms with Crippen molar-refractivity contribution in [1.82, 2.24) is 9.80 Å². The van der Waals surface area contributed by atoms with Gasteiger partial charge in [0.05, 0.1) is 11.6 Å². The topological polar surface area (TPSA) is 54.0 Å². The second-order valence-electron chi connectivity index (χ2n) is 7.48. The monoisotopic (exact) mass is 475 g/mol. The summed E-state index contributed by atoms with van der Waals surface area (Å²) in [5.74, 6) is 1.05. The van der Waals surface area contributed by atoms with Crippen LogP contribution in [0.25, 0.3) is 0 Å². The Morgan fingerprint density at radius 1 is 1.10 bits per heavy atom. The molecule has 3 rings (SSSR count). The van der Waals surface area contributed by atoms with Gasteiger partial charge in [-0.2, -0.15) is 0 Å². The summed E-state index contributed by atoms with van der Waals surface area (Å²) >= 11 is 3.40. The highest BCUT2D eigenvalue weighted by Crippen LogP contribution is 2.29. The summed E-state index contributed by atoms with van der Waals surface area (Å²) in [7, 11) is 1.59. The van der Waals surface area contributed by atoms with E-state index in [1.54, 1.807) is 19.2 Å². The molecule has 0 aliphatic carbocycles. The number of hydrogen-bond acceptors (Lipinski definition) is 5. The first kappa shape index (κ1) is 22.6. The molecule has 2 aromatic rings. The Labute approximate surface area is 187 Å². The lowest BCUT2D eigenvalue weighted by atomic mass is 10.1. The minimum Gasteiger partial charge on any atom is -0.495 e. The number of carbonyl (C=O) groups excluding carboxylic acids is 1. The van der Waals surface area contributed by atoms with E-state index in [9.17, 15) is 4.79 Å². The third kappa shape index (κ3) is 6.20. The zero-order chi connectivity index (χ0) is 21.5. The minimum atomic E-state index is -0.195. The van der Waals surface area contributed by atoms with Gasteiger partial charge in [-0.1, -0.05) is 13.0 Å². The van der Waals surface area contributed by atoms with Crippen LogP contribution in [0.2, 0.25) is 0 Å². The molecule has 1 heterocycles. The van der Waals surface area contributed by atoms with E-state index in [2.05, 4.69) is 51.0 Å². The summed E-state index contributed by atoms with van der Waals surface area (Å²) < 4.78 is 11.7. The van der Waals surface area contributed by atoms with Gasteiger partial charge in [0.15, 0.2) is 6.61 Å². The third-order valence-electron chi connectivity index (χ3n) is 5.42. The maximum absolute atomic E-state index is 12.3. The average molecular weight is 476 g/mol. The first-order valence-electron chi connectivity index (χ1n) is 10.3. The van der Waals surface area contributed by atoms with Gasteiger partial charge in [-0.3, -0.25) is 9.69 Å². The first-order valence-corrected chi connectivity index (χ1v) is 11.1. The second kappa shape index (κ2) is 10.8. The number of rotatable bonds is 8. The molecular formula is C23H30BrN3O3. The van der Waals surface area contributed by atoms with Crippen LogP contribution in [-0.4, -0.2) is 62.1 Å². The maximum Gasteiger partial charge on any atom is 0.262 e. The van der Waals surface area contributed by atoms with E-state index < -0.39 is 0 Å². The van der Waals surface area contributed by atoms with Gasteiger partial charge in [-0.15, -0.1) is 0 Å². The Kier molecular flexibility index (Phi) is 8.13. The summed E-state index contributed by atoms with van der Waals surface area (Å²) in [6, 6.07) is 11.5. The predicted octanol–water partition coefficient (Wildman–Crippen LogP) is 3.92. The molecule has 1 saturated heterocycles. The van der Waals surface area contributed by atoms with Gasteiger partial charge in [0.2, 0.25) is 0 Å². The number of ether oxygens (including phenoxy) is 2. The smallest absolute Gasteiger partial charge is 0.262 e. The summed E-state index contributed by atoms with van der Waals surface area (Å²) in [6.07, 6.45) is 0. The fourth-order valence-electron chi connectivity index (χ4n) is 3.53. The molecule has 2 aromatic carbocycles. The zero-order valence-electron chi connectivity index (χ0n) is 17.9. The average Bonchev–Trinajstić information content (AvgIpc) is 2.75. The third-order valence-corrected chi connectivity index (χ3v) is 6.08. The number of benzene rings is 2. The molecule has 0 atom stereocenters. The van der Waals surface area contributed by atoms with Crippen molar-refractivity contribution in [3.05, 3.63) is 52.0 Å². The number of nitrogens with one attached hydrogen (secondary N) is 1. The van der Waals surface area contributed by atoms with E-state index in [1.807, 2.05) is 18.2 Å². The number of hydrogen-bond donors (Lipinski definition) is 1. The summed E-state index contributed by atoms with van der Waals surface area (Å²) in [6.45, 7) is 10.8. The SMILES string of the molecule is CCN1CCN(Cc2ccc(NC(=O)COc3ccc(Br)c(OC)c3)cc2C)CC1. The molecular weight excluding hydrogens is 446 g/mol. The van der Waals surface area contributed by atoms with E-state index >= 15 is 0 Å². The molecule has 1 aliphatic rings. The summed E-state index contributed by atoms with van der Waals surface area (Å²) in [5, 5.41) is 2.91. The quantitative estimate of drug-likeness (QED) is 0.626. The van der Waals surface area contributed by atoms with Crippen LogP contribution in [0.15, 0.2) is 40.9 Å². The zero-order valence-corrected chi connectivity index (χ0v) is 19.5. The van der Waals surface area contributed by atoms with Crippen LogP contribution in [0.3, 0.4) is 0 Å². The van der Waals surface area contributed by atoms with Gasteiger partial charge in [0.1, 0.15) is 11.5 Å². The molecule has 1 aliphatic heterocycles. The van der Waals surface area contributed by atoms with Crippen molar-refractivity contribution in [2.24, 2.45) is 0 Å². The Morgan fingerprint density at radius 2 is 1.83 bits per heavy atom. The van der Waals surface area contributed by atoms with Gasteiger partial charge in [0.25, 0.3) is 5.91 Å². The molecule has 0 aromatic heterocycles. The molecule has 0 radical (unpaired) electrons. The lowest BCUT2D eigenvalue weighted by Gasteiger charge is -2.34. The molecule has 6 nitrogen and oxygen atoms in total. The molecule has 0 bridgehead atoms. The van der Waals surface area contributed by atoms with Crippen LogP contribution >= 0.6 is 15.9 Å². The lowest BCUT2D eigenvalue weighted by Crippen LogP contribution is -2.45. The van der Waals surface area contributed by atoms with E-state index in [0.29, 0.717) is 11.5 Å². The number of amides is 1. The standard InChI is InChI=1S/C23H30BrN3O3/c1-4-26-9-11-27(12-10-26)15-18-5-6-19(13-17(18)2)25-23(28)16-30-20-7-8-21(24)22(14-20)29-3/h5-8,13-14H,4,9-12,15-16H2,1-3H3,(H,25,28). The Balaban J connectivity index is 1.50. The molecule has 1 fully saturated rings. The van der Waals surface area contributed by atoms with E-state index in [0.717, 1.165) is 49.4 Å². The highest BCUT2D eigenvalue weighted by molar-refractivity contribution is 9.10. The summed E-state index contributed by atoms with van der Waals surface area (Å²) in [5.41, 5.74) is 3.27. The second-order valence-corrected chi connectivity index (χ2v) is 8.34. The molecule has 0 spiro atoms. The normalized spacial score (nSPS) is 15.1. The molecule has 30 heavy (non-hydrogen) atoms. The summed E-state index contributed by atoms with van der Waals surface area (Å²) in [4.78, 5) is 17.3. The number of likely N-dealkylation sites (N-methyl/N-ethyl adjacent to an activating group) is 1. The molecule has 1 N–H and O–H groups in total. The highest BCUT2D eigenvalue weighted by Gasteiger charge is 2.16. The van der Waals surface area contributed by atoms with Crippen LogP contribution < -0.4 is 14.8 Å². The van der Waals surface area contributed by atoms with Crippen LogP contribution in [-0.2, 0) is 11.3 Å².